The second kappa shape index (κ2) is 4.04. The van der Waals surface area contributed by atoms with E-state index in [0.717, 1.165) is 6.42 Å². The van der Waals surface area contributed by atoms with Gasteiger partial charge in [0.25, 0.3) is 0 Å². The van der Waals surface area contributed by atoms with Gasteiger partial charge in [0.2, 0.25) is 0 Å². The van der Waals surface area contributed by atoms with E-state index in [4.69, 9.17) is 5.73 Å². The lowest BCUT2D eigenvalue weighted by Gasteiger charge is -2.35. The highest BCUT2D eigenvalue weighted by atomic mass is 32.2. The zero-order chi connectivity index (χ0) is 13.0. The van der Waals surface area contributed by atoms with Crippen LogP contribution in [0, 0.1) is 5.41 Å². The molecule has 2 aliphatic carbocycles. The molecule has 1 heterocycles. The summed E-state index contributed by atoms with van der Waals surface area (Å²) in [6.07, 6.45) is 9.54. The summed E-state index contributed by atoms with van der Waals surface area (Å²) in [6, 6.07) is 2.49. The molecule has 1 atom stereocenters. The van der Waals surface area contributed by atoms with Gasteiger partial charge in [-0.3, -0.25) is 0 Å². The first-order valence-corrected chi connectivity index (χ1v) is 8.16. The number of thioether (sulfide) groups is 1. The van der Waals surface area contributed by atoms with Gasteiger partial charge >= 0.3 is 0 Å². The maximum Gasteiger partial charge on any atom is 0.0369 e. The minimum Gasteiger partial charge on any atom is -0.350 e. The van der Waals surface area contributed by atoms with Gasteiger partial charge in [-0.15, -0.1) is 0 Å². The van der Waals surface area contributed by atoms with Crippen molar-refractivity contribution >= 4 is 11.8 Å². The largest absolute Gasteiger partial charge is 0.350 e. The Morgan fingerprint density at radius 2 is 2.17 bits per heavy atom. The summed E-state index contributed by atoms with van der Waals surface area (Å²) in [6.45, 7) is 5.86. The Balaban J connectivity index is 1.90. The fourth-order valence-electron chi connectivity index (χ4n) is 3.32. The summed E-state index contributed by atoms with van der Waals surface area (Å²) in [7, 11) is 0. The zero-order valence-corrected chi connectivity index (χ0v) is 12.5. The highest BCUT2D eigenvalue weighted by molar-refractivity contribution is 8.00. The number of aromatic nitrogens is 1. The SMILES string of the molecule is CSC1(Cn2ccc3c2CC(C)(C)CC3N)CC1. The van der Waals surface area contributed by atoms with Gasteiger partial charge in [0.05, 0.1) is 0 Å². The van der Waals surface area contributed by atoms with Gasteiger partial charge in [0.1, 0.15) is 0 Å². The Bertz CT molecular complexity index is 457. The van der Waals surface area contributed by atoms with Crippen LogP contribution in [0.3, 0.4) is 0 Å². The van der Waals surface area contributed by atoms with Crippen LogP contribution in [-0.2, 0) is 13.0 Å². The van der Waals surface area contributed by atoms with Crippen molar-refractivity contribution in [3.8, 4) is 0 Å². The predicted octanol–water partition coefficient (Wildman–Crippen LogP) is 3.36. The number of fused-ring (bicyclic) bond motifs is 1. The Morgan fingerprint density at radius 3 is 2.78 bits per heavy atom. The van der Waals surface area contributed by atoms with Gasteiger partial charge in [-0.25, -0.2) is 0 Å². The van der Waals surface area contributed by atoms with Crippen molar-refractivity contribution in [2.75, 3.05) is 6.26 Å². The molecule has 0 aliphatic heterocycles. The van der Waals surface area contributed by atoms with Gasteiger partial charge in [0, 0.05) is 29.2 Å². The van der Waals surface area contributed by atoms with Crippen LogP contribution in [-0.4, -0.2) is 15.6 Å². The van der Waals surface area contributed by atoms with Crippen LogP contribution in [0.4, 0.5) is 0 Å². The van der Waals surface area contributed by atoms with Crippen molar-refractivity contribution < 1.29 is 0 Å². The fourth-order valence-corrected chi connectivity index (χ4v) is 4.10. The van der Waals surface area contributed by atoms with Gasteiger partial charge in [-0.2, -0.15) is 11.8 Å². The zero-order valence-electron chi connectivity index (χ0n) is 11.7. The van der Waals surface area contributed by atoms with Gasteiger partial charge in [0.15, 0.2) is 0 Å². The molecule has 2 aliphatic rings. The van der Waals surface area contributed by atoms with Crippen LogP contribution < -0.4 is 5.73 Å². The molecule has 1 fully saturated rings. The molecule has 0 amide bonds. The molecular weight excluding hydrogens is 240 g/mol. The third kappa shape index (κ3) is 2.12. The third-order valence-corrected chi connectivity index (χ3v) is 6.03. The first-order chi connectivity index (χ1) is 8.45. The lowest BCUT2D eigenvalue weighted by Crippen LogP contribution is -2.31. The summed E-state index contributed by atoms with van der Waals surface area (Å²) >= 11 is 2.04. The molecule has 0 spiro atoms. The lowest BCUT2D eigenvalue weighted by atomic mass is 9.74. The molecule has 1 saturated carbocycles. The van der Waals surface area contributed by atoms with Crippen LogP contribution in [0.25, 0.3) is 0 Å². The van der Waals surface area contributed by atoms with E-state index in [-0.39, 0.29) is 6.04 Å². The van der Waals surface area contributed by atoms with Crippen molar-refractivity contribution in [1.82, 2.24) is 4.57 Å². The van der Waals surface area contributed by atoms with E-state index >= 15 is 0 Å². The minimum absolute atomic E-state index is 0.231. The molecule has 2 N–H and O–H groups in total. The van der Waals surface area contributed by atoms with Crippen molar-refractivity contribution in [3.05, 3.63) is 23.5 Å². The molecule has 1 aromatic heterocycles. The standard InChI is InChI=1S/C15H24N2S/c1-14(2)8-12(16)11-4-7-17(13(11)9-14)10-15(18-3)5-6-15/h4,7,12H,5-6,8-10,16H2,1-3H3. The molecule has 1 aromatic rings. The van der Waals surface area contributed by atoms with Crippen LogP contribution >= 0.6 is 11.8 Å². The fraction of sp³-hybridized carbons (Fsp3) is 0.733. The van der Waals surface area contributed by atoms with Crippen LogP contribution in [0.2, 0.25) is 0 Å². The van der Waals surface area contributed by atoms with E-state index < -0.39 is 0 Å². The lowest BCUT2D eigenvalue weighted by molar-refractivity contribution is 0.275. The molecular formula is C15H24N2S. The van der Waals surface area contributed by atoms with Crippen LogP contribution in [0.15, 0.2) is 12.3 Å². The van der Waals surface area contributed by atoms with E-state index in [1.807, 2.05) is 11.8 Å². The average Bonchev–Trinajstić information content (AvgIpc) is 2.95. The summed E-state index contributed by atoms with van der Waals surface area (Å²) in [5.41, 5.74) is 9.57. The molecule has 0 bridgehead atoms. The first-order valence-electron chi connectivity index (χ1n) is 6.93. The van der Waals surface area contributed by atoms with E-state index in [1.165, 1.54) is 37.1 Å². The van der Waals surface area contributed by atoms with E-state index in [0.29, 0.717) is 10.2 Å². The third-order valence-electron chi connectivity index (χ3n) is 4.63. The summed E-state index contributed by atoms with van der Waals surface area (Å²) in [4.78, 5) is 0. The molecule has 3 rings (SSSR count). The van der Waals surface area contributed by atoms with Gasteiger partial charge in [-0.1, -0.05) is 13.8 Å². The van der Waals surface area contributed by atoms with Crippen molar-refractivity contribution in [1.29, 1.82) is 0 Å². The number of nitrogens with two attached hydrogens (primary N) is 1. The molecule has 0 radical (unpaired) electrons. The van der Waals surface area contributed by atoms with Crippen LogP contribution in [0.1, 0.15) is 50.4 Å². The van der Waals surface area contributed by atoms with Gasteiger partial charge in [-0.05, 0) is 49.0 Å². The van der Waals surface area contributed by atoms with Crippen molar-refractivity contribution in [2.45, 2.75) is 56.9 Å². The molecule has 0 aromatic carbocycles. The molecule has 18 heavy (non-hydrogen) atoms. The number of rotatable bonds is 3. The molecule has 0 saturated heterocycles. The second-order valence-electron chi connectivity index (χ2n) is 6.88. The topological polar surface area (TPSA) is 30.9 Å². The monoisotopic (exact) mass is 264 g/mol. The quantitative estimate of drug-likeness (QED) is 0.907. The van der Waals surface area contributed by atoms with Crippen molar-refractivity contribution in [3.63, 3.8) is 0 Å². The number of hydrogen-bond donors (Lipinski definition) is 1. The summed E-state index contributed by atoms with van der Waals surface area (Å²) in [5.74, 6) is 0. The predicted molar refractivity (Wildman–Crippen MR) is 78.9 cm³/mol. The number of nitrogens with zero attached hydrogens (tertiary/aromatic N) is 1. The summed E-state index contributed by atoms with van der Waals surface area (Å²) < 4.78 is 3.01. The maximum absolute atomic E-state index is 6.33. The Kier molecular flexibility index (Phi) is 2.83. The Labute approximate surface area is 114 Å². The van der Waals surface area contributed by atoms with Crippen molar-refractivity contribution in [2.24, 2.45) is 11.1 Å². The molecule has 100 valence electrons. The van der Waals surface area contributed by atoms with E-state index in [1.54, 1.807) is 0 Å². The second-order valence-corrected chi connectivity index (χ2v) is 8.16. The first kappa shape index (κ1) is 12.6. The maximum atomic E-state index is 6.33. The average molecular weight is 264 g/mol. The molecule has 2 nitrogen and oxygen atoms in total. The highest BCUT2D eigenvalue weighted by Gasteiger charge is 2.43. The number of hydrogen-bond acceptors (Lipinski definition) is 2. The summed E-state index contributed by atoms with van der Waals surface area (Å²) in [5, 5.41) is 0. The van der Waals surface area contributed by atoms with Gasteiger partial charge < -0.3 is 10.3 Å². The minimum atomic E-state index is 0.231. The van der Waals surface area contributed by atoms with E-state index in [2.05, 4.69) is 36.9 Å². The molecule has 1 unspecified atom stereocenters. The Hall–Kier alpha value is -0.410. The smallest absolute Gasteiger partial charge is 0.0369 e. The Morgan fingerprint density at radius 1 is 1.44 bits per heavy atom. The normalized spacial score (nSPS) is 27.9. The van der Waals surface area contributed by atoms with Crippen LogP contribution in [0.5, 0.6) is 0 Å². The highest BCUT2D eigenvalue weighted by Crippen LogP contribution is 2.49. The molecule has 3 heteroatoms. The van der Waals surface area contributed by atoms with E-state index in [9.17, 15) is 0 Å².